The fourth-order valence-electron chi connectivity index (χ4n) is 2.00. The van der Waals surface area contributed by atoms with Crippen LogP contribution in [0.3, 0.4) is 0 Å². The van der Waals surface area contributed by atoms with Crippen molar-refractivity contribution < 1.29 is 0 Å². The molecule has 19 heavy (non-hydrogen) atoms. The van der Waals surface area contributed by atoms with E-state index in [1.807, 2.05) is 18.2 Å². The van der Waals surface area contributed by atoms with Crippen LogP contribution in [0.4, 0.5) is 0 Å². The second-order valence-electron chi connectivity index (χ2n) is 4.21. The van der Waals surface area contributed by atoms with Crippen LogP contribution >= 0.6 is 43.5 Å². The summed E-state index contributed by atoms with van der Waals surface area (Å²) in [5.41, 5.74) is 2.37. The van der Waals surface area contributed by atoms with Gasteiger partial charge in [0.05, 0.1) is 6.04 Å². The zero-order valence-electron chi connectivity index (χ0n) is 10.5. The molecule has 0 aromatic heterocycles. The van der Waals surface area contributed by atoms with E-state index in [4.69, 9.17) is 11.6 Å². The minimum Gasteiger partial charge on any atom is -0.306 e. The zero-order chi connectivity index (χ0) is 13.8. The average Bonchev–Trinajstić information content (AvgIpc) is 2.40. The van der Waals surface area contributed by atoms with Gasteiger partial charge in [0.15, 0.2) is 0 Å². The predicted octanol–water partition coefficient (Wildman–Crippen LogP) is 5.56. The van der Waals surface area contributed by atoms with Gasteiger partial charge in [-0.1, -0.05) is 62.5 Å². The van der Waals surface area contributed by atoms with Crippen molar-refractivity contribution in [1.82, 2.24) is 5.32 Å². The van der Waals surface area contributed by atoms with Crippen molar-refractivity contribution in [1.29, 1.82) is 0 Å². The van der Waals surface area contributed by atoms with Crippen LogP contribution in [0.2, 0.25) is 5.02 Å². The van der Waals surface area contributed by atoms with Gasteiger partial charge >= 0.3 is 0 Å². The van der Waals surface area contributed by atoms with Gasteiger partial charge in [-0.3, -0.25) is 0 Å². The Morgan fingerprint density at radius 1 is 1.11 bits per heavy atom. The Balaban J connectivity index is 2.44. The lowest BCUT2D eigenvalue weighted by Gasteiger charge is -2.20. The molecule has 2 aromatic carbocycles. The van der Waals surface area contributed by atoms with Crippen molar-refractivity contribution >= 4 is 43.5 Å². The maximum absolute atomic E-state index is 6.12. The predicted molar refractivity (Wildman–Crippen MR) is 88.8 cm³/mol. The van der Waals surface area contributed by atoms with Gasteiger partial charge in [-0.2, -0.15) is 0 Å². The molecule has 0 aliphatic rings. The highest BCUT2D eigenvalue weighted by molar-refractivity contribution is 9.10. The van der Waals surface area contributed by atoms with Crippen molar-refractivity contribution in [3.8, 4) is 0 Å². The van der Waals surface area contributed by atoms with Crippen LogP contribution in [-0.4, -0.2) is 6.54 Å². The fraction of sp³-hybridized carbons (Fsp3) is 0.200. The minimum absolute atomic E-state index is 0.131. The van der Waals surface area contributed by atoms with Gasteiger partial charge in [-0.05, 0) is 48.0 Å². The van der Waals surface area contributed by atoms with Crippen LogP contribution in [0, 0.1) is 0 Å². The topological polar surface area (TPSA) is 12.0 Å². The van der Waals surface area contributed by atoms with Gasteiger partial charge < -0.3 is 5.32 Å². The van der Waals surface area contributed by atoms with Crippen LogP contribution in [0.1, 0.15) is 24.1 Å². The van der Waals surface area contributed by atoms with E-state index in [2.05, 4.69) is 68.4 Å². The highest BCUT2D eigenvalue weighted by Gasteiger charge is 2.16. The van der Waals surface area contributed by atoms with E-state index in [0.29, 0.717) is 0 Å². The second kappa shape index (κ2) is 6.89. The molecule has 2 aromatic rings. The zero-order valence-corrected chi connectivity index (χ0v) is 14.4. The number of halogens is 3. The van der Waals surface area contributed by atoms with Gasteiger partial charge in [0.2, 0.25) is 0 Å². The van der Waals surface area contributed by atoms with Gasteiger partial charge in [-0.15, -0.1) is 0 Å². The lowest BCUT2D eigenvalue weighted by atomic mass is 9.99. The van der Waals surface area contributed by atoms with E-state index in [0.717, 1.165) is 26.1 Å². The van der Waals surface area contributed by atoms with E-state index in [-0.39, 0.29) is 6.04 Å². The van der Waals surface area contributed by atoms with E-state index >= 15 is 0 Å². The van der Waals surface area contributed by atoms with Crippen LogP contribution in [-0.2, 0) is 0 Å². The Hall–Kier alpha value is -0.350. The van der Waals surface area contributed by atoms with Gasteiger partial charge in [0.1, 0.15) is 0 Å². The molecule has 100 valence electrons. The molecule has 0 spiro atoms. The van der Waals surface area contributed by atoms with Gasteiger partial charge in [0.25, 0.3) is 0 Å². The quantitative estimate of drug-likeness (QED) is 0.704. The Morgan fingerprint density at radius 3 is 2.42 bits per heavy atom. The number of nitrogens with one attached hydrogen (secondary N) is 1. The molecular formula is C15H14Br2ClN. The average molecular weight is 404 g/mol. The molecule has 1 N–H and O–H groups in total. The molecule has 2 rings (SSSR count). The summed E-state index contributed by atoms with van der Waals surface area (Å²) in [6.45, 7) is 2.99. The van der Waals surface area contributed by atoms with Crippen LogP contribution in [0.5, 0.6) is 0 Å². The summed E-state index contributed by atoms with van der Waals surface area (Å²) in [4.78, 5) is 0. The minimum atomic E-state index is 0.131. The molecule has 0 heterocycles. The Kier molecular flexibility index (Phi) is 5.46. The van der Waals surface area contributed by atoms with E-state index in [1.165, 1.54) is 5.56 Å². The largest absolute Gasteiger partial charge is 0.306 e. The lowest BCUT2D eigenvalue weighted by Crippen LogP contribution is -2.22. The first-order chi connectivity index (χ1) is 9.11. The summed E-state index contributed by atoms with van der Waals surface area (Å²) in [6.07, 6.45) is 0. The summed E-state index contributed by atoms with van der Waals surface area (Å²) >= 11 is 13.2. The first kappa shape index (κ1) is 15.0. The Morgan fingerprint density at radius 2 is 1.79 bits per heavy atom. The number of hydrogen-bond acceptors (Lipinski definition) is 1. The first-order valence-corrected chi connectivity index (χ1v) is 8.02. The smallest absolute Gasteiger partial charge is 0.0588 e. The monoisotopic (exact) mass is 401 g/mol. The number of rotatable bonds is 4. The lowest BCUT2D eigenvalue weighted by molar-refractivity contribution is 0.628. The van der Waals surface area contributed by atoms with Crippen molar-refractivity contribution in [3.63, 3.8) is 0 Å². The third-order valence-electron chi connectivity index (χ3n) is 2.88. The second-order valence-corrected chi connectivity index (χ2v) is 6.41. The molecule has 0 bridgehead atoms. The summed E-state index contributed by atoms with van der Waals surface area (Å²) in [5.74, 6) is 0. The van der Waals surface area contributed by atoms with Crippen molar-refractivity contribution in [2.75, 3.05) is 6.54 Å². The molecule has 4 heteroatoms. The molecule has 0 saturated heterocycles. The maximum Gasteiger partial charge on any atom is 0.0588 e. The molecule has 0 aliphatic heterocycles. The summed E-state index contributed by atoms with van der Waals surface area (Å²) in [7, 11) is 0. The normalized spacial score (nSPS) is 12.4. The Bertz CT molecular complexity index is 555. The van der Waals surface area contributed by atoms with E-state index in [9.17, 15) is 0 Å². The molecule has 0 fully saturated rings. The van der Waals surface area contributed by atoms with Crippen molar-refractivity contribution in [2.45, 2.75) is 13.0 Å². The number of benzene rings is 2. The molecule has 1 nitrogen and oxygen atoms in total. The first-order valence-electron chi connectivity index (χ1n) is 6.05. The molecular weight excluding hydrogens is 389 g/mol. The van der Waals surface area contributed by atoms with E-state index in [1.54, 1.807) is 0 Å². The maximum atomic E-state index is 6.12. The molecule has 0 saturated carbocycles. The third-order valence-corrected chi connectivity index (χ3v) is 4.37. The Labute approximate surface area is 135 Å². The standard InChI is InChI=1S/C15H14Br2ClN/c1-2-19-15(10-3-5-11(16)6-4-10)13-9-12(18)7-8-14(13)17/h3-9,15,19H,2H2,1H3. The van der Waals surface area contributed by atoms with Crippen LogP contribution < -0.4 is 5.32 Å². The molecule has 0 aliphatic carbocycles. The SMILES string of the molecule is CCNC(c1ccc(Br)cc1)c1cc(Cl)ccc1Br. The molecule has 1 atom stereocenters. The van der Waals surface area contributed by atoms with Gasteiger partial charge in [0, 0.05) is 14.0 Å². The molecule has 0 radical (unpaired) electrons. The van der Waals surface area contributed by atoms with Crippen molar-refractivity contribution in [2.24, 2.45) is 0 Å². The molecule has 1 unspecified atom stereocenters. The highest BCUT2D eigenvalue weighted by atomic mass is 79.9. The summed E-state index contributed by atoms with van der Waals surface area (Å²) in [5, 5.41) is 4.25. The van der Waals surface area contributed by atoms with Crippen LogP contribution in [0.25, 0.3) is 0 Å². The fourth-order valence-corrected chi connectivity index (χ4v) is 2.92. The van der Waals surface area contributed by atoms with Crippen LogP contribution in [0.15, 0.2) is 51.4 Å². The summed E-state index contributed by atoms with van der Waals surface area (Å²) in [6, 6.07) is 14.3. The van der Waals surface area contributed by atoms with Gasteiger partial charge in [-0.25, -0.2) is 0 Å². The third kappa shape index (κ3) is 3.82. The molecule has 0 amide bonds. The number of hydrogen-bond donors (Lipinski definition) is 1. The summed E-state index contributed by atoms with van der Waals surface area (Å²) < 4.78 is 2.14. The highest BCUT2D eigenvalue weighted by Crippen LogP contribution is 2.31. The van der Waals surface area contributed by atoms with E-state index < -0.39 is 0 Å². The van der Waals surface area contributed by atoms with Crippen molar-refractivity contribution in [3.05, 3.63) is 67.6 Å².